The Bertz CT molecular complexity index is 1130. The fourth-order valence-corrected chi connectivity index (χ4v) is 2.95. The van der Waals surface area contributed by atoms with Crippen molar-refractivity contribution in [3.63, 3.8) is 0 Å². The molecule has 0 bridgehead atoms. The summed E-state index contributed by atoms with van der Waals surface area (Å²) in [6.45, 7) is 1.93. The maximum atomic E-state index is 5.45. The van der Waals surface area contributed by atoms with Crippen molar-refractivity contribution in [1.29, 1.82) is 0 Å². The number of ether oxygens (including phenoxy) is 3. The van der Waals surface area contributed by atoms with Gasteiger partial charge in [0.15, 0.2) is 23.0 Å². The third-order valence-corrected chi connectivity index (χ3v) is 4.34. The molecule has 4 aromatic rings. The molecule has 9 heteroatoms. The molecule has 4 rings (SSSR count). The fourth-order valence-electron chi connectivity index (χ4n) is 2.95. The van der Waals surface area contributed by atoms with Gasteiger partial charge in [-0.05, 0) is 31.2 Å². The molecule has 0 saturated carbocycles. The number of rotatable bonds is 6. The summed E-state index contributed by atoms with van der Waals surface area (Å²) in [7, 11) is 4.71. The Morgan fingerprint density at radius 3 is 2.31 bits per heavy atom. The molecule has 0 saturated heterocycles. The molecule has 0 amide bonds. The molecule has 0 spiro atoms. The number of nitrogens with zero attached hydrogens (tertiary/aromatic N) is 5. The molecule has 0 unspecified atom stereocenters. The third-order valence-electron chi connectivity index (χ3n) is 4.34. The van der Waals surface area contributed by atoms with Crippen molar-refractivity contribution in [3.05, 3.63) is 48.4 Å². The van der Waals surface area contributed by atoms with Crippen molar-refractivity contribution in [2.24, 2.45) is 0 Å². The summed E-state index contributed by atoms with van der Waals surface area (Å²) >= 11 is 0. The number of aromatic nitrogens is 5. The van der Waals surface area contributed by atoms with Gasteiger partial charge in [-0.3, -0.25) is 4.98 Å². The maximum Gasteiger partial charge on any atom is 0.247 e. The van der Waals surface area contributed by atoms with Crippen molar-refractivity contribution in [3.8, 4) is 28.6 Å². The molecule has 0 aliphatic heterocycles. The summed E-state index contributed by atoms with van der Waals surface area (Å²) < 4.78 is 18.0. The molecule has 0 atom stereocenters. The van der Waals surface area contributed by atoms with E-state index >= 15 is 0 Å². The molecule has 0 radical (unpaired) electrons. The number of nitrogens with one attached hydrogen (secondary N) is 1. The van der Waals surface area contributed by atoms with E-state index in [0.29, 0.717) is 34.7 Å². The predicted molar refractivity (Wildman–Crippen MR) is 108 cm³/mol. The van der Waals surface area contributed by atoms with E-state index in [1.54, 1.807) is 44.3 Å². The summed E-state index contributed by atoms with van der Waals surface area (Å²) in [5.74, 6) is 2.61. The highest BCUT2D eigenvalue weighted by Gasteiger charge is 2.17. The molecule has 9 nitrogen and oxygen atoms in total. The lowest BCUT2D eigenvalue weighted by atomic mass is 10.1. The van der Waals surface area contributed by atoms with Crippen LogP contribution in [0.15, 0.2) is 42.7 Å². The minimum Gasteiger partial charge on any atom is -0.493 e. The standard InChI is InChI=1S/C20H20N6O3/c1-12-5-6-14(11-22-12)23-20-24-17-7-8-21-19(26(17)25-20)13-9-15(27-2)18(29-4)16(10-13)28-3/h5-11H,1-4H3,(H,23,25). The number of aryl methyl sites for hydroxylation is 1. The highest BCUT2D eigenvalue weighted by atomic mass is 16.5. The first-order valence-electron chi connectivity index (χ1n) is 8.84. The molecule has 0 aliphatic rings. The van der Waals surface area contributed by atoms with Crippen LogP contribution in [0.25, 0.3) is 17.0 Å². The number of methoxy groups -OCH3 is 3. The van der Waals surface area contributed by atoms with Gasteiger partial charge in [0.05, 0.1) is 33.2 Å². The van der Waals surface area contributed by atoms with Gasteiger partial charge in [0.2, 0.25) is 11.7 Å². The number of benzene rings is 1. The first-order valence-corrected chi connectivity index (χ1v) is 8.84. The second-order valence-electron chi connectivity index (χ2n) is 6.20. The number of hydrogen-bond acceptors (Lipinski definition) is 8. The topological polar surface area (TPSA) is 95.7 Å². The number of fused-ring (bicyclic) bond motifs is 1. The Morgan fingerprint density at radius 1 is 0.931 bits per heavy atom. The van der Waals surface area contributed by atoms with Gasteiger partial charge >= 0.3 is 0 Å². The summed E-state index contributed by atoms with van der Waals surface area (Å²) in [6.07, 6.45) is 3.42. The molecule has 3 aromatic heterocycles. The zero-order valence-corrected chi connectivity index (χ0v) is 16.5. The van der Waals surface area contributed by atoms with E-state index in [1.807, 2.05) is 31.2 Å². The van der Waals surface area contributed by atoms with Crippen molar-refractivity contribution in [2.75, 3.05) is 26.6 Å². The van der Waals surface area contributed by atoms with Gasteiger partial charge < -0.3 is 19.5 Å². The molecule has 0 aliphatic carbocycles. The lowest BCUT2D eigenvalue weighted by molar-refractivity contribution is 0.324. The lowest BCUT2D eigenvalue weighted by Crippen LogP contribution is -2.00. The van der Waals surface area contributed by atoms with Gasteiger partial charge in [-0.25, -0.2) is 4.98 Å². The second kappa shape index (κ2) is 7.63. The summed E-state index contributed by atoms with van der Waals surface area (Å²) in [5, 5.41) is 7.71. The van der Waals surface area contributed by atoms with E-state index in [-0.39, 0.29) is 0 Å². The molecular formula is C20H20N6O3. The minimum atomic E-state index is 0.442. The monoisotopic (exact) mass is 392 g/mol. The Kier molecular flexibility index (Phi) is 4.86. The Hall–Kier alpha value is -3.88. The van der Waals surface area contributed by atoms with Crippen LogP contribution in [0.5, 0.6) is 17.2 Å². The Morgan fingerprint density at radius 2 is 1.69 bits per heavy atom. The largest absolute Gasteiger partial charge is 0.493 e. The predicted octanol–water partition coefficient (Wildman–Crippen LogP) is 3.26. The summed E-state index contributed by atoms with van der Waals surface area (Å²) in [6, 6.07) is 9.27. The lowest BCUT2D eigenvalue weighted by Gasteiger charge is -2.14. The normalized spacial score (nSPS) is 10.8. The zero-order chi connectivity index (χ0) is 20.4. The average Bonchev–Trinajstić information content (AvgIpc) is 3.16. The van der Waals surface area contributed by atoms with Crippen molar-refractivity contribution in [1.82, 2.24) is 24.6 Å². The average molecular weight is 392 g/mol. The second-order valence-corrected chi connectivity index (χ2v) is 6.20. The van der Waals surface area contributed by atoms with Crippen LogP contribution in [0.1, 0.15) is 5.69 Å². The van der Waals surface area contributed by atoms with Crippen molar-refractivity contribution in [2.45, 2.75) is 6.92 Å². The number of hydrogen-bond donors (Lipinski definition) is 1. The zero-order valence-electron chi connectivity index (χ0n) is 16.5. The van der Waals surface area contributed by atoms with Crippen LogP contribution in [0, 0.1) is 6.92 Å². The highest BCUT2D eigenvalue weighted by Crippen LogP contribution is 2.40. The smallest absolute Gasteiger partial charge is 0.247 e. The first-order chi connectivity index (χ1) is 14.1. The van der Waals surface area contributed by atoms with E-state index in [2.05, 4.69) is 25.4 Å². The fraction of sp³-hybridized carbons (Fsp3) is 0.200. The van der Waals surface area contributed by atoms with Crippen LogP contribution in [-0.4, -0.2) is 45.9 Å². The SMILES string of the molecule is COc1cc(-c2nccc3nc(Nc4ccc(C)nc4)nn23)cc(OC)c1OC. The van der Waals surface area contributed by atoms with E-state index in [9.17, 15) is 0 Å². The van der Waals surface area contributed by atoms with Gasteiger partial charge in [0.25, 0.3) is 0 Å². The maximum absolute atomic E-state index is 5.45. The van der Waals surface area contributed by atoms with Crippen molar-refractivity contribution < 1.29 is 14.2 Å². The summed E-state index contributed by atoms with van der Waals surface area (Å²) in [4.78, 5) is 13.3. The van der Waals surface area contributed by atoms with Gasteiger partial charge in [0.1, 0.15) is 0 Å². The number of pyridine rings is 1. The Balaban J connectivity index is 1.78. The number of anilines is 2. The van der Waals surface area contributed by atoms with Crippen LogP contribution in [0.2, 0.25) is 0 Å². The molecule has 0 fully saturated rings. The van der Waals surface area contributed by atoms with Crippen LogP contribution in [-0.2, 0) is 0 Å². The van der Waals surface area contributed by atoms with E-state index in [1.165, 1.54) is 0 Å². The molecular weight excluding hydrogens is 372 g/mol. The van der Waals surface area contributed by atoms with Gasteiger partial charge in [-0.1, -0.05) is 0 Å². The molecule has 29 heavy (non-hydrogen) atoms. The summed E-state index contributed by atoms with van der Waals surface area (Å²) in [5.41, 5.74) is 3.13. The third kappa shape index (κ3) is 3.49. The minimum absolute atomic E-state index is 0.442. The Labute approximate surface area is 167 Å². The van der Waals surface area contributed by atoms with Gasteiger partial charge in [0, 0.05) is 23.5 Å². The first kappa shape index (κ1) is 18.5. The molecule has 1 aromatic carbocycles. The van der Waals surface area contributed by atoms with Crippen LogP contribution in [0.3, 0.4) is 0 Å². The van der Waals surface area contributed by atoms with Crippen LogP contribution in [0.4, 0.5) is 11.6 Å². The van der Waals surface area contributed by atoms with Gasteiger partial charge in [-0.2, -0.15) is 9.50 Å². The van der Waals surface area contributed by atoms with E-state index in [0.717, 1.165) is 16.9 Å². The van der Waals surface area contributed by atoms with Crippen LogP contribution < -0.4 is 19.5 Å². The van der Waals surface area contributed by atoms with E-state index < -0.39 is 0 Å². The van der Waals surface area contributed by atoms with Crippen LogP contribution >= 0.6 is 0 Å². The molecule has 1 N–H and O–H groups in total. The van der Waals surface area contributed by atoms with Crippen molar-refractivity contribution >= 4 is 17.3 Å². The van der Waals surface area contributed by atoms with Gasteiger partial charge in [-0.15, -0.1) is 5.10 Å². The quantitative estimate of drug-likeness (QED) is 0.534. The highest BCUT2D eigenvalue weighted by molar-refractivity contribution is 5.68. The molecule has 3 heterocycles. The molecule has 148 valence electrons. The van der Waals surface area contributed by atoms with E-state index in [4.69, 9.17) is 14.2 Å².